The maximum atomic E-state index is 12.5. The van der Waals surface area contributed by atoms with Crippen LogP contribution in [0.15, 0.2) is 18.3 Å². The van der Waals surface area contributed by atoms with Crippen molar-refractivity contribution >= 4 is 5.97 Å². The van der Waals surface area contributed by atoms with Crippen molar-refractivity contribution in [3.8, 4) is 0 Å². The Kier molecular flexibility index (Phi) is 4.34. The van der Waals surface area contributed by atoms with Crippen molar-refractivity contribution in [1.82, 2.24) is 4.98 Å². The molecule has 0 fully saturated rings. The molecule has 0 radical (unpaired) electrons. The number of alkyl halides is 2. The quantitative estimate of drug-likeness (QED) is 0.745. The van der Waals surface area contributed by atoms with Gasteiger partial charge in [-0.1, -0.05) is 6.92 Å². The summed E-state index contributed by atoms with van der Waals surface area (Å²) in [6.07, 6.45) is -1.13. The normalized spacial score (nSPS) is 12.6. The van der Waals surface area contributed by atoms with E-state index in [2.05, 4.69) is 4.98 Å². The highest BCUT2D eigenvalue weighted by atomic mass is 19.3. The summed E-state index contributed by atoms with van der Waals surface area (Å²) in [6, 6.07) is 2.81. The molecule has 3 nitrogen and oxygen atoms in total. The zero-order valence-electron chi connectivity index (χ0n) is 9.11. The number of carbonyl (C=O) groups is 1. The monoisotopic (exact) mass is 229 g/mol. The molecule has 0 spiro atoms. The lowest BCUT2D eigenvalue weighted by molar-refractivity contribution is 0.0518. The fraction of sp³-hybridized carbons (Fsp3) is 0.455. The minimum absolute atomic E-state index is 0.0619. The molecule has 1 unspecified atom stereocenters. The average molecular weight is 229 g/mol. The first-order valence-corrected chi connectivity index (χ1v) is 4.97. The first-order valence-electron chi connectivity index (χ1n) is 4.97. The lowest BCUT2D eigenvalue weighted by Gasteiger charge is -2.11. The Morgan fingerprint density at radius 1 is 1.56 bits per heavy atom. The first kappa shape index (κ1) is 12.5. The molecule has 5 heteroatoms. The molecular weight excluding hydrogens is 216 g/mol. The molecule has 0 aliphatic rings. The van der Waals surface area contributed by atoms with E-state index in [-0.39, 0.29) is 12.3 Å². The average Bonchev–Trinajstić information content (AvgIpc) is 2.28. The maximum absolute atomic E-state index is 12.5. The summed E-state index contributed by atoms with van der Waals surface area (Å²) in [5.41, 5.74) is 0.444. The van der Waals surface area contributed by atoms with Gasteiger partial charge in [0.1, 0.15) is 5.69 Å². The summed E-state index contributed by atoms with van der Waals surface area (Å²) < 4.78 is 29.7. The second-order valence-corrected chi connectivity index (χ2v) is 3.32. The second kappa shape index (κ2) is 5.53. The summed E-state index contributed by atoms with van der Waals surface area (Å²) in [5, 5.41) is 0. The fourth-order valence-corrected chi connectivity index (χ4v) is 1.19. The highest BCUT2D eigenvalue weighted by molar-refractivity contribution is 5.87. The molecule has 1 heterocycles. The van der Waals surface area contributed by atoms with E-state index in [0.29, 0.717) is 5.56 Å². The summed E-state index contributed by atoms with van der Waals surface area (Å²) >= 11 is 0. The molecular formula is C11H13F2NO2. The van der Waals surface area contributed by atoms with Crippen LogP contribution in [0.3, 0.4) is 0 Å². The van der Waals surface area contributed by atoms with Crippen LogP contribution in [0.5, 0.6) is 0 Å². The van der Waals surface area contributed by atoms with Crippen LogP contribution < -0.4 is 0 Å². The van der Waals surface area contributed by atoms with E-state index < -0.39 is 18.3 Å². The molecule has 1 aromatic heterocycles. The molecule has 16 heavy (non-hydrogen) atoms. The van der Waals surface area contributed by atoms with Gasteiger partial charge in [0.25, 0.3) is 0 Å². The van der Waals surface area contributed by atoms with Gasteiger partial charge >= 0.3 is 5.97 Å². The van der Waals surface area contributed by atoms with Crippen molar-refractivity contribution in [2.45, 2.75) is 26.2 Å². The summed E-state index contributed by atoms with van der Waals surface area (Å²) in [5.74, 6) is -1.51. The predicted molar refractivity (Wildman–Crippen MR) is 54.6 cm³/mol. The van der Waals surface area contributed by atoms with Crippen LogP contribution >= 0.6 is 0 Å². The molecule has 0 aromatic carbocycles. The predicted octanol–water partition coefficient (Wildman–Crippen LogP) is 2.63. The molecule has 0 N–H and O–H groups in total. The van der Waals surface area contributed by atoms with Crippen molar-refractivity contribution in [2.75, 3.05) is 6.61 Å². The Balaban J connectivity index is 2.90. The van der Waals surface area contributed by atoms with Crippen LogP contribution in [-0.2, 0) is 4.74 Å². The number of hydrogen-bond donors (Lipinski definition) is 0. The third-order valence-electron chi connectivity index (χ3n) is 2.17. The first-order chi connectivity index (χ1) is 7.56. The summed E-state index contributed by atoms with van der Waals surface area (Å²) in [7, 11) is 0. The molecule has 1 aromatic rings. The van der Waals surface area contributed by atoms with Gasteiger partial charge in [0, 0.05) is 12.1 Å². The number of rotatable bonds is 4. The lowest BCUT2D eigenvalue weighted by atomic mass is 10.0. The van der Waals surface area contributed by atoms with Crippen LogP contribution in [0.25, 0.3) is 0 Å². The van der Waals surface area contributed by atoms with Gasteiger partial charge in [0.05, 0.1) is 6.61 Å². The Hall–Kier alpha value is -1.52. The van der Waals surface area contributed by atoms with Crippen LogP contribution in [0.2, 0.25) is 0 Å². The molecule has 1 rings (SSSR count). The fourth-order valence-electron chi connectivity index (χ4n) is 1.19. The summed E-state index contributed by atoms with van der Waals surface area (Å²) in [6.45, 7) is 3.30. The zero-order valence-corrected chi connectivity index (χ0v) is 9.11. The van der Waals surface area contributed by atoms with Crippen molar-refractivity contribution in [2.24, 2.45) is 0 Å². The Bertz CT molecular complexity index is 369. The smallest absolute Gasteiger partial charge is 0.356 e. The number of pyridine rings is 1. The van der Waals surface area contributed by atoms with E-state index in [9.17, 15) is 13.6 Å². The lowest BCUT2D eigenvalue weighted by Crippen LogP contribution is -2.10. The van der Waals surface area contributed by atoms with Gasteiger partial charge in [0.2, 0.25) is 6.43 Å². The second-order valence-electron chi connectivity index (χ2n) is 3.32. The van der Waals surface area contributed by atoms with Crippen molar-refractivity contribution in [3.05, 3.63) is 29.6 Å². The van der Waals surface area contributed by atoms with Gasteiger partial charge in [-0.05, 0) is 24.6 Å². The largest absolute Gasteiger partial charge is 0.461 e. The van der Waals surface area contributed by atoms with Crippen LogP contribution in [0.4, 0.5) is 8.78 Å². The Morgan fingerprint density at radius 3 is 2.81 bits per heavy atom. The Morgan fingerprint density at radius 2 is 2.25 bits per heavy atom. The van der Waals surface area contributed by atoms with Gasteiger partial charge in [-0.3, -0.25) is 0 Å². The molecule has 0 bridgehead atoms. The molecule has 0 aliphatic carbocycles. The Labute approximate surface area is 92.4 Å². The third-order valence-corrected chi connectivity index (χ3v) is 2.17. The molecule has 88 valence electrons. The van der Waals surface area contributed by atoms with E-state index in [4.69, 9.17) is 4.74 Å². The van der Waals surface area contributed by atoms with Gasteiger partial charge in [-0.15, -0.1) is 0 Å². The van der Waals surface area contributed by atoms with Crippen molar-refractivity contribution in [3.63, 3.8) is 0 Å². The highest BCUT2D eigenvalue weighted by Crippen LogP contribution is 2.22. The number of aromatic nitrogens is 1. The van der Waals surface area contributed by atoms with E-state index in [1.165, 1.54) is 25.3 Å². The number of hydrogen-bond acceptors (Lipinski definition) is 3. The number of ether oxygens (including phenoxy) is 1. The number of carbonyl (C=O) groups excluding carboxylic acids is 1. The van der Waals surface area contributed by atoms with Crippen LogP contribution in [0.1, 0.15) is 35.8 Å². The van der Waals surface area contributed by atoms with E-state index in [0.717, 1.165) is 0 Å². The molecule has 0 saturated carbocycles. The van der Waals surface area contributed by atoms with E-state index in [1.54, 1.807) is 6.92 Å². The molecule has 0 saturated heterocycles. The van der Waals surface area contributed by atoms with Gasteiger partial charge in [-0.25, -0.2) is 18.6 Å². The van der Waals surface area contributed by atoms with Gasteiger partial charge < -0.3 is 4.74 Å². The van der Waals surface area contributed by atoms with Crippen molar-refractivity contribution < 1.29 is 18.3 Å². The van der Waals surface area contributed by atoms with Crippen molar-refractivity contribution in [1.29, 1.82) is 0 Å². The standard InChI is InChI=1S/C11H13F2NO2/c1-3-16-11(15)9-6-8(4-5-14-9)7(2)10(12)13/h4-7,10H,3H2,1-2H3. The minimum Gasteiger partial charge on any atom is -0.461 e. The van der Waals surface area contributed by atoms with Gasteiger partial charge in [0.15, 0.2) is 0 Å². The number of esters is 1. The van der Waals surface area contributed by atoms with Crippen LogP contribution in [-0.4, -0.2) is 24.0 Å². The highest BCUT2D eigenvalue weighted by Gasteiger charge is 2.18. The minimum atomic E-state index is -2.46. The molecule has 1 atom stereocenters. The summed E-state index contributed by atoms with van der Waals surface area (Å²) in [4.78, 5) is 15.1. The zero-order chi connectivity index (χ0) is 12.1. The number of halogens is 2. The molecule has 0 aliphatic heterocycles. The van der Waals surface area contributed by atoms with Gasteiger partial charge in [-0.2, -0.15) is 0 Å². The topological polar surface area (TPSA) is 39.2 Å². The maximum Gasteiger partial charge on any atom is 0.356 e. The number of nitrogens with zero attached hydrogens (tertiary/aromatic N) is 1. The third kappa shape index (κ3) is 2.98. The molecule has 0 amide bonds. The van der Waals surface area contributed by atoms with E-state index in [1.807, 2.05) is 0 Å². The van der Waals surface area contributed by atoms with Crippen LogP contribution in [0, 0.1) is 0 Å². The van der Waals surface area contributed by atoms with E-state index >= 15 is 0 Å². The SMILES string of the molecule is CCOC(=O)c1cc(C(C)C(F)F)ccn1.